The number of aromatic nitrogens is 3. The van der Waals surface area contributed by atoms with Crippen LogP contribution in [0.1, 0.15) is 16.9 Å². The topological polar surface area (TPSA) is 133 Å². The molecule has 1 fully saturated rings. The monoisotopic (exact) mass is 449 g/mol. The first-order valence-corrected chi connectivity index (χ1v) is 9.46. The van der Waals surface area contributed by atoms with Crippen LogP contribution in [0.25, 0.3) is 0 Å². The molecule has 10 nitrogen and oxygen atoms in total. The molecule has 0 saturated carbocycles. The van der Waals surface area contributed by atoms with Crippen LogP contribution in [0.15, 0.2) is 36.5 Å². The summed E-state index contributed by atoms with van der Waals surface area (Å²) in [6, 6.07) is 9.83. The van der Waals surface area contributed by atoms with Gasteiger partial charge in [-0.15, -0.1) is 5.10 Å². The predicted octanol–water partition coefficient (Wildman–Crippen LogP) is 0.950. The second kappa shape index (κ2) is 9.46. The summed E-state index contributed by atoms with van der Waals surface area (Å²) in [6.45, 7) is -1.93. The van der Waals surface area contributed by atoms with Gasteiger partial charge in [0.2, 0.25) is 11.8 Å². The highest BCUT2D eigenvalue weighted by Gasteiger charge is 2.39. The number of likely N-dealkylation sites (tertiary alicyclic amines) is 1. The Bertz CT molecular complexity index is 1030. The Morgan fingerprint density at radius 2 is 1.94 bits per heavy atom. The molecule has 2 heterocycles. The maximum atomic E-state index is 12.5. The Hall–Kier alpha value is -3.95. The van der Waals surface area contributed by atoms with E-state index in [-0.39, 0.29) is 24.6 Å². The minimum atomic E-state index is -4.52. The van der Waals surface area contributed by atoms with Crippen LogP contribution < -0.4 is 10.6 Å². The van der Waals surface area contributed by atoms with Crippen molar-refractivity contribution in [3.8, 4) is 6.07 Å². The van der Waals surface area contributed by atoms with Crippen molar-refractivity contribution in [2.45, 2.75) is 25.2 Å². The number of alkyl halides is 3. The van der Waals surface area contributed by atoms with E-state index in [0.717, 1.165) is 6.20 Å². The van der Waals surface area contributed by atoms with Crippen molar-refractivity contribution < 1.29 is 27.6 Å². The second-order valence-electron chi connectivity index (χ2n) is 7.08. The van der Waals surface area contributed by atoms with Gasteiger partial charge in [0.1, 0.15) is 12.6 Å². The van der Waals surface area contributed by atoms with Crippen molar-refractivity contribution in [3.63, 3.8) is 0 Å². The van der Waals surface area contributed by atoms with E-state index in [4.69, 9.17) is 0 Å². The molecule has 1 aliphatic rings. The first-order chi connectivity index (χ1) is 15.2. The number of halogens is 3. The number of carbonyl (C=O) groups is 3. The standard InChI is InChI=1S/C19H18F3N7O3/c20-19(21,22)11-28-10-15(26-27-28)18(32)24-8-16(30)29-9-12(6-14(29)7-23)17(31)25-13-4-2-1-3-5-13/h1-5,10,12,14H,6,8-9,11H2,(H,24,32)(H,25,31). The van der Waals surface area contributed by atoms with E-state index in [0.29, 0.717) is 10.4 Å². The maximum Gasteiger partial charge on any atom is 0.408 e. The van der Waals surface area contributed by atoms with Crippen molar-refractivity contribution in [1.82, 2.24) is 25.2 Å². The molecule has 1 aliphatic heterocycles. The number of amides is 3. The van der Waals surface area contributed by atoms with Crippen LogP contribution in [0, 0.1) is 17.2 Å². The van der Waals surface area contributed by atoms with E-state index in [9.17, 15) is 32.8 Å². The van der Waals surface area contributed by atoms with Gasteiger partial charge in [-0.25, -0.2) is 4.68 Å². The molecule has 1 saturated heterocycles. The Morgan fingerprint density at radius 1 is 1.22 bits per heavy atom. The fraction of sp³-hybridized carbons (Fsp3) is 0.368. The Morgan fingerprint density at radius 3 is 2.59 bits per heavy atom. The Kier molecular flexibility index (Phi) is 6.72. The van der Waals surface area contributed by atoms with E-state index in [1.807, 2.05) is 6.07 Å². The SMILES string of the molecule is N#CC1CC(C(=O)Nc2ccccc2)CN1C(=O)CNC(=O)c1cn(CC(F)(F)F)nn1. The highest BCUT2D eigenvalue weighted by molar-refractivity contribution is 5.96. The summed E-state index contributed by atoms with van der Waals surface area (Å²) < 4.78 is 37.6. The number of hydrogen-bond acceptors (Lipinski definition) is 6. The van der Waals surface area contributed by atoms with E-state index >= 15 is 0 Å². The molecule has 0 spiro atoms. The van der Waals surface area contributed by atoms with Gasteiger partial charge in [-0.05, 0) is 18.6 Å². The summed E-state index contributed by atoms with van der Waals surface area (Å²) in [7, 11) is 0. The molecule has 2 aromatic rings. The average Bonchev–Trinajstić information content (AvgIpc) is 3.38. The van der Waals surface area contributed by atoms with Gasteiger partial charge in [-0.3, -0.25) is 14.4 Å². The van der Waals surface area contributed by atoms with E-state index in [2.05, 4.69) is 20.9 Å². The van der Waals surface area contributed by atoms with Gasteiger partial charge in [0, 0.05) is 12.2 Å². The summed E-state index contributed by atoms with van der Waals surface area (Å²) in [5.41, 5.74) is 0.196. The minimum absolute atomic E-state index is 0.00658. The summed E-state index contributed by atoms with van der Waals surface area (Å²) in [5, 5.41) is 20.9. The molecular formula is C19H18F3N7O3. The zero-order valence-electron chi connectivity index (χ0n) is 16.5. The van der Waals surface area contributed by atoms with Crippen LogP contribution in [0.4, 0.5) is 18.9 Å². The lowest BCUT2D eigenvalue weighted by molar-refractivity contribution is -0.142. The maximum absolute atomic E-state index is 12.5. The molecule has 168 valence electrons. The lowest BCUT2D eigenvalue weighted by atomic mass is 10.1. The summed E-state index contributed by atoms with van der Waals surface area (Å²) in [6.07, 6.45) is -3.57. The van der Waals surface area contributed by atoms with Crippen molar-refractivity contribution in [2.24, 2.45) is 5.92 Å². The number of carbonyl (C=O) groups excluding carboxylic acids is 3. The molecule has 3 rings (SSSR count). The molecule has 0 bridgehead atoms. The number of rotatable bonds is 6. The van der Waals surface area contributed by atoms with Crippen LogP contribution in [0.5, 0.6) is 0 Å². The van der Waals surface area contributed by atoms with Gasteiger partial charge in [0.05, 0.1) is 24.7 Å². The normalized spacial score (nSPS) is 18.1. The lowest BCUT2D eigenvalue weighted by Crippen LogP contribution is -2.42. The van der Waals surface area contributed by atoms with Gasteiger partial charge >= 0.3 is 6.18 Å². The summed E-state index contributed by atoms with van der Waals surface area (Å²) >= 11 is 0. The van der Waals surface area contributed by atoms with Crippen LogP contribution in [0.2, 0.25) is 0 Å². The van der Waals surface area contributed by atoms with E-state index < -0.39 is 43.0 Å². The lowest BCUT2D eigenvalue weighted by Gasteiger charge is -2.19. The average molecular weight is 449 g/mol. The summed E-state index contributed by atoms with van der Waals surface area (Å²) in [4.78, 5) is 38.2. The largest absolute Gasteiger partial charge is 0.408 e. The number of hydrogen-bond donors (Lipinski definition) is 2. The van der Waals surface area contributed by atoms with Crippen LogP contribution in [0.3, 0.4) is 0 Å². The first-order valence-electron chi connectivity index (χ1n) is 9.46. The third-order valence-corrected chi connectivity index (χ3v) is 4.70. The number of benzene rings is 1. The highest BCUT2D eigenvalue weighted by Crippen LogP contribution is 2.24. The fourth-order valence-electron chi connectivity index (χ4n) is 3.20. The Balaban J connectivity index is 1.54. The van der Waals surface area contributed by atoms with E-state index in [1.165, 1.54) is 4.90 Å². The highest BCUT2D eigenvalue weighted by atomic mass is 19.4. The smallest absolute Gasteiger partial charge is 0.342 e. The predicted molar refractivity (Wildman–Crippen MR) is 103 cm³/mol. The van der Waals surface area contributed by atoms with Crippen LogP contribution >= 0.6 is 0 Å². The van der Waals surface area contributed by atoms with Gasteiger partial charge in [0.25, 0.3) is 5.91 Å². The van der Waals surface area contributed by atoms with Gasteiger partial charge in [-0.2, -0.15) is 18.4 Å². The molecule has 13 heteroatoms. The minimum Gasteiger partial charge on any atom is -0.342 e. The molecule has 0 radical (unpaired) electrons. The second-order valence-corrected chi connectivity index (χ2v) is 7.08. The van der Waals surface area contributed by atoms with Crippen molar-refractivity contribution in [2.75, 3.05) is 18.4 Å². The number of anilines is 1. The number of nitrogens with one attached hydrogen (secondary N) is 2. The number of para-hydroxylation sites is 1. The van der Waals surface area contributed by atoms with E-state index in [1.54, 1.807) is 30.3 Å². The number of nitrogens with zero attached hydrogens (tertiary/aromatic N) is 5. The molecule has 2 unspecified atom stereocenters. The molecular weight excluding hydrogens is 431 g/mol. The first kappa shape index (κ1) is 22.7. The zero-order chi connectivity index (χ0) is 23.3. The fourth-order valence-corrected chi connectivity index (χ4v) is 3.20. The zero-order valence-corrected chi connectivity index (χ0v) is 16.5. The van der Waals surface area contributed by atoms with Crippen molar-refractivity contribution >= 4 is 23.4 Å². The molecule has 1 aromatic heterocycles. The van der Waals surface area contributed by atoms with Gasteiger partial charge < -0.3 is 15.5 Å². The molecule has 3 amide bonds. The van der Waals surface area contributed by atoms with Crippen molar-refractivity contribution in [3.05, 3.63) is 42.2 Å². The molecule has 2 N–H and O–H groups in total. The molecule has 32 heavy (non-hydrogen) atoms. The third-order valence-electron chi connectivity index (χ3n) is 4.70. The van der Waals surface area contributed by atoms with Crippen LogP contribution in [-0.2, 0) is 16.1 Å². The molecule has 0 aliphatic carbocycles. The van der Waals surface area contributed by atoms with Gasteiger partial charge in [-0.1, -0.05) is 23.4 Å². The van der Waals surface area contributed by atoms with Crippen LogP contribution in [-0.4, -0.2) is 62.9 Å². The van der Waals surface area contributed by atoms with Crippen molar-refractivity contribution in [1.29, 1.82) is 5.26 Å². The Labute approximate surface area is 180 Å². The quantitative estimate of drug-likeness (QED) is 0.675. The molecule has 2 atom stereocenters. The number of nitriles is 1. The summed E-state index contributed by atoms with van der Waals surface area (Å²) in [5.74, 6) is -2.45. The van der Waals surface area contributed by atoms with Gasteiger partial charge in [0.15, 0.2) is 5.69 Å². The molecule has 1 aromatic carbocycles. The third kappa shape index (κ3) is 5.81.